The SMILES string of the molecule is CNS(=O)(=O)c1ccc(S(=O)(=O)NC(=O)Nc2c(C(C)C)cc(C#N)cc2C(C)C)c(C(=O)O)c1. The average molecular weight is 523 g/mol. The molecule has 2 aromatic carbocycles. The molecule has 0 heterocycles. The number of rotatable bonds is 8. The van der Waals surface area contributed by atoms with Gasteiger partial charge < -0.3 is 10.4 Å². The maximum absolute atomic E-state index is 12.9. The van der Waals surface area contributed by atoms with Crippen LogP contribution in [-0.2, 0) is 20.0 Å². The molecule has 13 heteroatoms. The highest BCUT2D eigenvalue weighted by molar-refractivity contribution is 7.90. The van der Waals surface area contributed by atoms with Crippen molar-refractivity contribution in [2.75, 3.05) is 12.4 Å². The van der Waals surface area contributed by atoms with E-state index in [4.69, 9.17) is 0 Å². The molecule has 0 fully saturated rings. The monoisotopic (exact) mass is 522 g/mol. The highest BCUT2D eigenvalue weighted by Gasteiger charge is 2.28. The van der Waals surface area contributed by atoms with Crippen LogP contribution in [0.5, 0.6) is 0 Å². The number of hydrogen-bond acceptors (Lipinski definition) is 7. The third kappa shape index (κ3) is 6.16. The number of nitrogens with one attached hydrogen (secondary N) is 3. The Kier molecular flexibility index (Phi) is 8.27. The summed E-state index contributed by atoms with van der Waals surface area (Å²) >= 11 is 0. The third-order valence-corrected chi connectivity index (χ3v) is 7.89. The number of nitriles is 1. The summed E-state index contributed by atoms with van der Waals surface area (Å²) < 4.78 is 53.5. The molecule has 0 saturated carbocycles. The van der Waals surface area contributed by atoms with Crippen LogP contribution in [0.15, 0.2) is 40.1 Å². The number of carboxylic acid groups (broad SMARTS) is 1. The minimum Gasteiger partial charge on any atom is -0.478 e. The number of anilines is 1. The van der Waals surface area contributed by atoms with Crippen LogP contribution in [0.3, 0.4) is 0 Å². The van der Waals surface area contributed by atoms with Crippen LogP contribution in [0.4, 0.5) is 10.5 Å². The highest BCUT2D eigenvalue weighted by Crippen LogP contribution is 2.34. The summed E-state index contributed by atoms with van der Waals surface area (Å²) in [4.78, 5) is 23.2. The summed E-state index contributed by atoms with van der Waals surface area (Å²) in [6.45, 7) is 7.39. The Morgan fingerprint density at radius 1 is 0.943 bits per heavy atom. The lowest BCUT2D eigenvalue weighted by Gasteiger charge is -2.21. The molecule has 0 atom stereocenters. The minimum absolute atomic E-state index is 0.118. The van der Waals surface area contributed by atoms with Crippen molar-refractivity contribution in [3.63, 3.8) is 0 Å². The molecule has 0 aromatic heterocycles. The first-order valence-corrected chi connectivity index (χ1v) is 13.3. The Hall–Kier alpha value is -3.47. The maximum atomic E-state index is 12.9. The predicted molar refractivity (Wildman–Crippen MR) is 128 cm³/mol. The molecule has 0 saturated heterocycles. The van der Waals surface area contributed by atoms with Crippen molar-refractivity contribution in [2.24, 2.45) is 0 Å². The van der Waals surface area contributed by atoms with Crippen molar-refractivity contribution in [3.8, 4) is 6.07 Å². The lowest BCUT2D eigenvalue weighted by atomic mass is 9.90. The molecule has 188 valence electrons. The van der Waals surface area contributed by atoms with E-state index < -0.39 is 47.4 Å². The van der Waals surface area contributed by atoms with E-state index in [1.807, 2.05) is 32.4 Å². The van der Waals surface area contributed by atoms with Gasteiger partial charge in [0.2, 0.25) is 10.0 Å². The fourth-order valence-electron chi connectivity index (χ4n) is 3.32. The molecule has 11 nitrogen and oxygen atoms in total. The molecule has 2 aromatic rings. The quantitative estimate of drug-likeness (QED) is 0.408. The summed E-state index contributed by atoms with van der Waals surface area (Å²) in [7, 11) is -7.64. The van der Waals surface area contributed by atoms with Crippen LogP contribution in [0.25, 0.3) is 0 Å². The van der Waals surface area contributed by atoms with Gasteiger partial charge in [0.1, 0.15) is 4.90 Å². The van der Waals surface area contributed by atoms with Gasteiger partial charge in [0.05, 0.1) is 22.1 Å². The van der Waals surface area contributed by atoms with E-state index >= 15 is 0 Å². The molecule has 4 N–H and O–H groups in total. The van der Waals surface area contributed by atoms with Gasteiger partial charge in [-0.25, -0.2) is 35.9 Å². The van der Waals surface area contributed by atoms with Crippen molar-refractivity contribution < 1.29 is 31.5 Å². The molecule has 0 spiro atoms. The predicted octanol–water partition coefficient (Wildman–Crippen LogP) is 2.92. The van der Waals surface area contributed by atoms with Gasteiger partial charge in [-0.1, -0.05) is 27.7 Å². The molecule has 0 aliphatic carbocycles. The van der Waals surface area contributed by atoms with Gasteiger partial charge >= 0.3 is 12.0 Å². The zero-order chi connectivity index (χ0) is 26.7. The number of aromatic carboxylic acids is 1. The Balaban J connectivity index is 2.50. The van der Waals surface area contributed by atoms with E-state index in [-0.39, 0.29) is 11.8 Å². The number of carboxylic acids is 1. The summed E-state index contributed by atoms with van der Waals surface area (Å²) in [6, 6.07) is 6.52. The molecule has 0 aliphatic heterocycles. The number of carbonyl (C=O) groups excluding carboxylic acids is 1. The lowest BCUT2D eigenvalue weighted by molar-refractivity contribution is 0.0692. The van der Waals surface area contributed by atoms with E-state index in [1.165, 1.54) is 0 Å². The van der Waals surface area contributed by atoms with Crippen LogP contribution in [0.2, 0.25) is 0 Å². The van der Waals surface area contributed by atoms with Gasteiger partial charge in [-0.05, 0) is 60.3 Å². The van der Waals surface area contributed by atoms with Crippen LogP contribution in [0.1, 0.15) is 66.6 Å². The van der Waals surface area contributed by atoms with Crippen molar-refractivity contribution >= 4 is 37.7 Å². The van der Waals surface area contributed by atoms with Crippen molar-refractivity contribution in [2.45, 2.75) is 49.3 Å². The smallest absolute Gasteiger partial charge is 0.337 e. The summed E-state index contributed by atoms with van der Waals surface area (Å²) in [5, 5.41) is 21.3. The Morgan fingerprint density at radius 3 is 1.91 bits per heavy atom. The van der Waals surface area contributed by atoms with Crippen molar-refractivity contribution in [1.29, 1.82) is 5.26 Å². The van der Waals surface area contributed by atoms with Gasteiger partial charge in [-0.2, -0.15) is 5.26 Å². The lowest BCUT2D eigenvalue weighted by Crippen LogP contribution is -2.36. The van der Waals surface area contributed by atoms with Gasteiger partial charge in [0.25, 0.3) is 10.0 Å². The molecule has 35 heavy (non-hydrogen) atoms. The summed E-state index contributed by atoms with van der Waals surface area (Å²) in [5.41, 5.74) is 1.14. The first kappa shape index (κ1) is 27.8. The topological polar surface area (TPSA) is 183 Å². The molecular weight excluding hydrogens is 496 g/mol. The van der Waals surface area contributed by atoms with Crippen molar-refractivity contribution in [1.82, 2.24) is 9.44 Å². The number of urea groups is 1. The first-order chi connectivity index (χ1) is 16.1. The molecule has 0 bridgehead atoms. The molecule has 0 radical (unpaired) electrons. The normalized spacial score (nSPS) is 11.8. The van der Waals surface area contributed by atoms with Crippen LogP contribution >= 0.6 is 0 Å². The fourth-order valence-corrected chi connectivity index (χ4v) is 5.16. The molecule has 2 amide bonds. The van der Waals surface area contributed by atoms with E-state index in [1.54, 1.807) is 16.9 Å². The van der Waals surface area contributed by atoms with Gasteiger partial charge in [-0.3, -0.25) is 0 Å². The number of nitrogens with zero attached hydrogens (tertiary/aromatic N) is 1. The van der Waals surface area contributed by atoms with E-state index in [2.05, 4.69) is 11.4 Å². The van der Waals surface area contributed by atoms with Crippen molar-refractivity contribution in [3.05, 3.63) is 52.6 Å². The Morgan fingerprint density at radius 2 is 1.49 bits per heavy atom. The van der Waals surface area contributed by atoms with Gasteiger partial charge in [0.15, 0.2) is 0 Å². The van der Waals surface area contributed by atoms with E-state index in [0.29, 0.717) is 28.4 Å². The largest absolute Gasteiger partial charge is 0.478 e. The molecular formula is C22H26N4O7S2. The Bertz CT molecular complexity index is 1400. The zero-order valence-corrected chi connectivity index (χ0v) is 21.3. The van der Waals surface area contributed by atoms with Gasteiger partial charge in [-0.15, -0.1) is 0 Å². The second-order valence-corrected chi connectivity index (χ2v) is 11.7. The minimum atomic E-state index is -4.71. The first-order valence-electron chi connectivity index (χ1n) is 10.4. The summed E-state index contributed by atoms with van der Waals surface area (Å²) in [5.74, 6) is -1.93. The fraction of sp³-hybridized carbons (Fsp3) is 0.318. The standard InChI is InChI=1S/C22H26N4O7S2/c1-12(2)16-8-14(11-23)9-17(13(3)4)20(16)25-22(29)26-35(32,33)19-7-6-15(34(30,31)24-5)10-18(19)21(27)28/h6-10,12-13,24H,1-5H3,(H,27,28)(H2,25,26,29). The van der Waals surface area contributed by atoms with E-state index in [0.717, 1.165) is 19.2 Å². The van der Waals surface area contributed by atoms with Crippen LogP contribution < -0.4 is 14.8 Å². The number of hydrogen-bond donors (Lipinski definition) is 4. The van der Waals surface area contributed by atoms with Crippen LogP contribution in [0, 0.1) is 11.3 Å². The van der Waals surface area contributed by atoms with Crippen LogP contribution in [-0.4, -0.2) is 41.0 Å². The maximum Gasteiger partial charge on any atom is 0.337 e. The van der Waals surface area contributed by atoms with E-state index in [9.17, 15) is 36.8 Å². The molecule has 2 rings (SSSR count). The number of carbonyl (C=O) groups is 2. The second-order valence-electron chi connectivity index (χ2n) is 8.18. The molecule has 0 aliphatic rings. The highest BCUT2D eigenvalue weighted by atomic mass is 32.2. The number of sulfonamides is 2. The Labute approximate surface area is 204 Å². The zero-order valence-electron chi connectivity index (χ0n) is 19.7. The van der Waals surface area contributed by atoms with Gasteiger partial charge in [0, 0.05) is 5.69 Å². The third-order valence-electron chi connectivity index (χ3n) is 5.09. The number of benzene rings is 2. The second kappa shape index (κ2) is 10.4. The average Bonchev–Trinajstić information content (AvgIpc) is 2.77. The number of amides is 2. The summed E-state index contributed by atoms with van der Waals surface area (Å²) in [6.07, 6.45) is 0. The molecule has 0 unspecified atom stereocenters.